The third-order valence-corrected chi connectivity index (χ3v) is 4.76. The van der Waals surface area contributed by atoms with Gasteiger partial charge >= 0.3 is 0 Å². The van der Waals surface area contributed by atoms with Gasteiger partial charge in [0.05, 0.1) is 23.2 Å². The molecule has 0 bridgehead atoms. The molecule has 1 aliphatic carbocycles. The Bertz CT molecular complexity index is 808. The van der Waals surface area contributed by atoms with Gasteiger partial charge in [-0.2, -0.15) is 5.10 Å². The Morgan fingerprint density at radius 2 is 1.65 bits per heavy atom. The minimum atomic E-state index is -0.443. The number of fused-ring (bicyclic) bond motifs is 1. The highest BCUT2D eigenvalue weighted by Crippen LogP contribution is 2.40. The van der Waals surface area contributed by atoms with Crippen molar-refractivity contribution in [3.8, 4) is 5.69 Å². The molecule has 3 heteroatoms. The summed E-state index contributed by atoms with van der Waals surface area (Å²) in [5.74, 6) is 0.331. The highest BCUT2D eigenvalue weighted by atomic mass is 16.3. The summed E-state index contributed by atoms with van der Waals surface area (Å²) in [6, 6.07) is 20.6. The van der Waals surface area contributed by atoms with E-state index in [0.29, 0.717) is 5.92 Å². The SMILES string of the molecule is Cc1nn(-c2ccccc2)c2c1C(O)CC(c1ccccc1)C2. The second-order valence-electron chi connectivity index (χ2n) is 6.26. The van der Waals surface area contributed by atoms with Crippen LogP contribution in [0.1, 0.15) is 41.0 Å². The largest absolute Gasteiger partial charge is 0.388 e. The zero-order valence-corrected chi connectivity index (χ0v) is 13.2. The Morgan fingerprint density at radius 1 is 1.00 bits per heavy atom. The van der Waals surface area contributed by atoms with Crippen LogP contribution in [0.5, 0.6) is 0 Å². The zero-order chi connectivity index (χ0) is 15.8. The molecule has 3 aromatic rings. The molecule has 0 amide bonds. The molecule has 0 spiro atoms. The molecule has 3 nitrogen and oxygen atoms in total. The van der Waals surface area contributed by atoms with Crippen LogP contribution in [0, 0.1) is 6.92 Å². The molecule has 1 heterocycles. The van der Waals surface area contributed by atoms with Gasteiger partial charge in [-0.25, -0.2) is 4.68 Å². The summed E-state index contributed by atoms with van der Waals surface area (Å²) < 4.78 is 2.00. The fraction of sp³-hybridized carbons (Fsp3) is 0.250. The molecule has 0 saturated heterocycles. The van der Waals surface area contributed by atoms with Gasteiger partial charge in [0.15, 0.2) is 0 Å². The highest BCUT2D eigenvalue weighted by molar-refractivity contribution is 5.41. The van der Waals surface area contributed by atoms with Crippen molar-refractivity contribution >= 4 is 0 Å². The number of para-hydroxylation sites is 1. The van der Waals surface area contributed by atoms with E-state index in [0.717, 1.165) is 35.5 Å². The Hall–Kier alpha value is -2.39. The Morgan fingerprint density at radius 3 is 2.35 bits per heavy atom. The molecule has 2 atom stereocenters. The smallest absolute Gasteiger partial charge is 0.0832 e. The summed E-state index contributed by atoms with van der Waals surface area (Å²) >= 11 is 0. The second kappa shape index (κ2) is 5.67. The van der Waals surface area contributed by atoms with Crippen molar-refractivity contribution in [2.24, 2.45) is 0 Å². The number of hydrogen-bond acceptors (Lipinski definition) is 2. The fourth-order valence-electron chi connectivity index (χ4n) is 3.68. The van der Waals surface area contributed by atoms with E-state index in [1.165, 1.54) is 5.56 Å². The number of aliphatic hydroxyl groups is 1. The summed E-state index contributed by atoms with van der Waals surface area (Å²) in [6.07, 6.45) is 1.23. The third kappa shape index (κ3) is 2.47. The molecule has 1 aromatic heterocycles. The van der Waals surface area contributed by atoms with Crippen molar-refractivity contribution in [1.82, 2.24) is 9.78 Å². The average molecular weight is 304 g/mol. The normalized spacial score (nSPS) is 20.3. The number of benzene rings is 2. The van der Waals surface area contributed by atoms with E-state index in [1.807, 2.05) is 35.9 Å². The molecule has 1 N–H and O–H groups in total. The summed E-state index contributed by atoms with van der Waals surface area (Å²) in [5.41, 5.74) is 5.43. The van der Waals surface area contributed by atoms with Gasteiger partial charge in [0.25, 0.3) is 0 Å². The van der Waals surface area contributed by atoms with Gasteiger partial charge in [-0.1, -0.05) is 48.5 Å². The minimum Gasteiger partial charge on any atom is -0.388 e. The van der Waals surface area contributed by atoms with Gasteiger partial charge in [0, 0.05) is 5.56 Å². The zero-order valence-electron chi connectivity index (χ0n) is 13.2. The minimum absolute atomic E-state index is 0.331. The quantitative estimate of drug-likeness (QED) is 0.778. The molecule has 1 aliphatic rings. The molecule has 23 heavy (non-hydrogen) atoms. The summed E-state index contributed by atoms with van der Waals surface area (Å²) in [6.45, 7) is 1.99. The fourth-order valence-corrected chi connectivity index (χ4v) is 3.68. The van der Waals surface area contributed by atoms with Crippen LogP contribution in [0.4, 0.5) is 0 Å². The van der Waals surface area contributed by atoms with Gasteiger partial charge < -0.3 is 5.11 Å². The molecule has 116 valence electrons. The Labute approximate surface area is 136 Å². The van der Waals surface area contributed by atoms with Crippen LogP contribution in [-0.4, -0.2) is 14.9 Å². The van der Waals surface area contributed by atoms with Crippen LogP contribution in [0.3, 0.4) is 0 Å². The number of aromatic nitrogens is 2. The summed E-state index contributed by atoms with van der Waals surface area (Å²) in [4.78, 5) is 0. The lowest BCUT2D eigenvalue weighted by atomic mass is 9.81. The van der Waals surface area contributed by atoms with Crippen molar-refractivity contribution in [3.63, 3.8) is 0 Å². The Kier molecular flexibility index (Phi) is 3.50. The van der Waals surface area contributed by atoms with Crippen LogP contribution >= 0.6 is 0 Å². The number of rotatable bonds is 2. The molecule has 0 radical (unpaired) electrons. The first kappa shape index (κ1) is 14.2. The predicted octanol–water partition coefficient (Wildman–Crippen LogP) is 3.94. The molecule has 2 aromatic carbocycles. The lowest BCUT2D eigenvalue weighted by Gasteiger charge is -2.27. The van der Waals surface area contributed by atoms with Crippen LogP contribution in [0.2, 0.25) is 0 Å². The highest BCUT2D eigenvalue weighted by Gasteiger charge is 2.32. The van der Waals surface area contributed by atoms with Crippen molar-refractivity contribution in [1.29, 1.82) is 0 Å². The lowest BCUT2D eigenvalue weighted by Crippen LogP contribution is -2.19. The first-order valence-corrected chi connectivity index (χ1v) is 8.11. The standard InChI is InChI=1S/C20H20N2O/c1-14-20-18(22(21-14)17-10-6-3-7-11-17)12-16(13-19(20)23)15-8-4-2-5-9-15/h2-11,16,19,23H,12-13H2,1H3. The van der Waals surface area contributed by atoms with Gasteiger partial charge in [-0.15, -0.1) is 0 Å². The lowest BCUT2D eigenvalue weighted by molar-refractivity contribution is 0.146. The molecule has 0 aliphatic heterocycles. The number of aryl methyl sites for hydroxylation is 1. The second-order valence-corrected chi connectivity index (χ2v) is 6.26. The first-order chi connectivity index (χ1) is 11.2. The van der Waals surface area contributed by atoms with Crippen molar-refractivity contribution in [2.75, 3.05) is 0 Å². The van der Waals surface area contributed by atoms with E-state index < -0.39 is 6.10 Å². The van der Waals surface area contributed by atoms with Crippen LogP contribution in [0.15, 0.2) is 60.7 Å². The molecule has 0 fully saturated rings. The number of nitrogens with zero attached hydrogens (tertiary/aromatic N) is 2. The van der Waals surface area contributed by atoms with Gasteiger partial charge in [0.2, 0.25) is 0 Å². The number of hydrogen-bond donors (Lipinski definition) is 1. The third-order valence-electron chi connectivity index (χ3n) is 4.76. The molecular formula is C20H20N2O. The van der Waals surface area contributed by atoms with Gasteiger partial charge in [-0.05, 0) is 43.4 Å². The predicted molar refractivity (Wildman–Crippen MR) is 90.8 cm³/mol. The maximum Gasteiger partial charge on any atom is 0.0832 e. The van der Waals surface area contributed by atoms with E-state index >= 15 is 0 Å². The van der Waals surface area contributed by atoms with E-state index in [-0.39, 0.29) is 0 Å². The van der Waals surface area contributed by atoms with E-state index in [1.54, 1.807) is 0 Å². The van der Waals surface area contributed by atoms with Gasteiger partial charge in [-0.3, -0.25) is 0 Å². The van der Waals surface area contributed by atoms with Crippen molar-refractivity contribution < 1.29 is 5.11 Å². The molecule has 4 rings (SSSR count). The topological polar surface area (TPSA) is 38.0 Å². The van der Waals surface area contributed by atoms with Gasteiger partial charge in [0.1, 0.15) is 0 Å². The summed E-state index contributed by atoms with van der Waals surface area (Å²) in [7, 11) is 0. The van der Waals surface area contributed by atoms with Crippen LogP contribution in [-0.2, 0) is 6.42 Å². The maximum atomic E-state index is 10.7. The molecule has 2 unspecified atom stereocenters. The van der Waals surface area contributed by atoms with Crippen LogP contribution < -0.4 is 0 Å². The van der Waals surface area contributed by atoms with Crippen LogP contribution in [0.25, 0.3) is 5.69 Å². The molecular weight excluding hydrogens is 284 g/mol. The van der Waals surface area contributed by atoms with Crippen molar-refractivity contribution in [3.05, 3.63) is 83.2 Å². The monoisotopic (exact) mass is 304 g/mol. The number of aliphatic hydroxyl groups excluding tert-OH is 1. The summed E-state index contributed by atoms with van der Waals surface area (Å²) in [5, 5.41) is 15.4. The van der Waals surface area contributed by atoms with E-state index in [4.69, 9.17) is 5.10 Å². The maximum absolute atomic E-state index is 10.7. The van der Waals surface area contributed by atoms with E-state index in [2.05, 4.69) is 36.4 Å². The van der Waals surface area contributed by atoms with E-state index in [9.17, 15) is 5.11 Å². The average Bonchev–Trinajstić information content (AvgIpc) is 2.94. The van der Waals surface area contributed by atoms with Crippen molar-refractivity contribution in [2.45, 2.75) is 31.8 Å². The molecule has 0 saturated carbocycles. The first-order valence-electron chi connectivity index (χ1n) is 8.11. The Balaban J connectivity index is 1.79.